The Labute approximate surface area is 129 Å². The van der Waals surface area contributed by atoms with E-state index in [4.69, 9.17) is 16.3 Å². The van der Waals surface area contributed by atoms with Gasteiger partial charge in [-0.3, -0.25) is 9.59 Å². The average Bonchev–Trinajstić information content (AvgIpc) is 2.33. The first-order valence-corrected chi connectivity index (χ1v) is 6.39. The summed E-state index contributed by atoms with van der Waals surface area (Å²) in [7, 11) is 0. The maximum Gasteiger partial charge on any atom is 0.417 e. The second-order valence-electron chi connectivity index (χ2n) is 5.36. The number of benzene rings is 1. The van der Waals surface area contributed by atoms with Crippen LogP contribution in [-0.2, 0) is 15.7 Å². The third kappa shape index (κ3) is 4.56. The highest BCUT2D eigenvalue weighted by Gasteiger charge is 2.36. The monoisotopic (exact) mass is 336 g/mol. The number of Topliss-reactive ketones (excluding diaryl/α,β-unsaturated/α-hetero) is 1. The summed E-state index contributed by atoms with van der Waals surface area (Å²) in [5.74, 6) is -2.53. The zero-order chi connectivity index (χ0) is 17.3. The molecule has 0 aliphatic carbocycles. The molecule has 4 nitrogen and oxygen atoms in total. The molecule has 1 rings (SSSR count). The third-order valence-electron chi connectivity index (χ3n) is 2.38. The van der Waals surface area contributed by atoms with Crippen LogP contribution in [0.1, 0.15) is 47.1 Å². The second-order valence-corrected chi connectivity index (χ2v) is 5.71. The molecule has 8 heteroatoms. The summed E-state index contributed by atoms with van der Waals surface area (Å²) in [5.41, 5.74) is -3.69. The predicted octanol–water partition coefficient (Wildman–Crippen LogP) is 3.61. The van der Waals surface area contributed by atoms with Crippen LogP contribution in [-0.4, -0.2) is 22.6 Å². The molecule has 22 heavy (non-hydrogen) atoms. The van der Waals surface area contributed by atoms with E-state index >= 15 is 0 Å². The number of carbonyl (C=O) groups is 3. The first kappa shape index (κ1) is 18.2. The van der Waals surface area contributed by atoms with Crippen LogP contribution in [0.15, 0.2) is 18.2 Å². The summed E-state index contributed by atoms with van der Waals surface area (Å²) in [6.45, 7) is 4.53. The number of rotatable bonds is 3. The number of alkyl halides is 3. The summed E-state index contributed by atoms with van der Waals surface area (Å²) >= 11 is 5.08. The van der Waals surface area contributed by atoms with Crippen LogP contribution < -0.4 is 0 Å². The SMILES string of the molecule is CC(C)(C)OC(=O)C(=O)c1ccc(C(=O)Cl)c(C(F)(F)F)c1. The van der Waals surface area contributed by atoms with E-state index in [1.807, 2.05) is 0 Å². The fraction of sp³-hybridized carbons (Fsp3) is 0.357. The van der Waals surface area contributed by atoms with Crippen molar-refractivity contribution in [2.24, 2.45) is 0 Å². The Bertz CT molecular complexity index is 630. The van der Waals surface area contributed by atoms with Crippen LogP contribution in [0.5, 0.6) is 0 Å². The van der Waals surface area contributed by atoms with Crippen molar-refractivity contribution in [2.45, 2.75) is 32.5 Å². The molecule has 1 aromatic rings. The van der Waals surface area contributed by atoms with Gasteiger partial charge in [0.1, 0.15) is 5.60 Å². The topological polar surface area (TPSA) is 60.4 Å². The number of halogens is 4. The lowest BCUT2D eigenvalue weighted by atomic mass is 10.0. The first-order chi connectivity index (χ1) is 9.83. The van der Waals surface area contributed by atoms with Gasteiger partial charge < -0.3 is 4.74 Å². The molecule has 0 unspecified atom stereocenters. The van der Waals surface area contributed by atoms with Crippen LogP contribution >= 0.6 is 11.6 Å². The Morgan fingerprint density at radius 2 is 1.64 bits per heavy atom. The summed E-state index contributed by atoms with van der Waals surface area (Å²) in [5, 5.41) is -1.32. The molecule has 0 saturated heterocycles. The fourth-order valence-corrected chi connectivity index (χ4v) is 1.70. The zero-order valence-electron chi connectivity index (χ0n) is 11.9. The molecule has 0 N–H and O–H groups in total. The van der Waals surface area contributed by atoms with Crippen molar-refractivity contribution in [3.8, 4) is 0 Å². The minimum Gasteiger partial charge on any atom is -0.454 e. The second kappa shape index (κ2) is 6.08. The smallest absolute Gasteiger partial charge is 0.417 e. The van der Waals surface area contributed by atoms with E-state index in [0.29, 0.717) is 6.07 Å². The number of hydrogen-bond donors (Lipinski definition) is 0. The summed E-state index contributed by atoms with van der Waals surface area (Å²) in [6, 6.07) is 2.06. The zero-order valence-corrected chi connectivity index (χ0v) is 12.6. The van der Waals surface area contributed by atoms with Crippen molar-refractivity contribution in [1.29, 1.82) is 0 Å². The molecule has 0 aliphatic rings. The fourth-order valence-electron chi connectivity index (χ4n) is 1.53. The molecule has 0 radical (unpaired) electrons. The van der Waals surface area contributed by atoms with Gasteiger partial charge in [-0.2, -0.15) is 13.2 Å². The van der Waals surface area contributed by atoms with Crippen molar-refractivity contribution < 1.29 is 32.3 Å². The van der Waals surface area contributed by atoms with E-state index in [0.717, 1.165) is 12.1 Å². The number of esters is 1. The normalized spacial score (nSPS) is 12.0. The van der Waals surface area contributed by atoms with Gasteiger partial charge in [0.25, 0.3) is 11.0 Å². The van der Waals surface area contributed by atoms with Crippen LogP contribution in [0, 0.1) is 0 Å². The van der Waals surface area contributed by atoms with Crippen molar-refractivity contribution in [1.82, 2.24) is 0 Å². The molecule has 0 fully saturated rings. The molecule has 0 heterocycles. The molecule has 0 spiro atoms. The summed E-state index contributed by atoms with van der Waals surface area (Å²) in [6.07, 6.45) is -4.90. The highest BCUT2D eigenvalue weighted by Crippen LogP contribution is 2.33. The van der Waals surface area contributed by atoms with E-state index in [1.54, 1.807) is 0 Å². The van der Waals surface area contributed by atoms with Gasteiger partial charge in [-0.1, -0.05) is 0 Å². The quantitative estimate of drug-likeness (QED) is 0.366. The highest BCUT2D eigenvalue weighted by molar-refractivity contribution is 6.68. The van der Waals surface area contributed by atoms with Gasteiger partial charge >= 0.3 is 12.1 Å². The van der Waals surface area contributed by atoms with E-state index in [1.165, 1.54) is 20.8 Å². The van der Waals surface area contributed by atoms with Crippen molar-refractivity contribution in [3.63, 3.8) is 0 Å². The Hall–Kier alpha value is -1.89. The molecule has 0 aromatic heterocycles. The molecular weight excluding hydrogens is 325 g/mol. The largest absolute Gasteiger partial charge is 0.454 e. The van der Waals surface area contributed by atoms with Gasteiger partial charge in [-0.05, 0) is 50.6 Å². The molecule has 120 valence electrons. The lowest BCUT2D eigenvalue weighted by Crippen LogP contribution is -2.29. The van der Waals surface area contributed by atoms with Gasteiger partial charge in [0.05, 0.1) is 5.56 Å². The maximum absolute atomic E-state index is 12.9. The Kier molecular flexibility index (Phi) is 5.02. The molecule has 0 saturated carbocycles. The Morgan fingerprint density at radius 1 is 1.09 bits per heavy atom. The number of hydrogen-bond acceptors (Lipinski definition) is 4. The van der Waals surface area contributed by atoms with Crippen LogP contribution in [0.25, 0.3) is 0 Å². The number of ketones is 1. The van der Waals surface area contributed by atoms with Crippen LogP contribution in [0.3, 0.4) is 0 Å². The van der Waals surface area contributed by atoms with E-state index in [9.17, 15) is 27.6 Å². The molecule has 0 amide bonds. The number of carbonyl (C=O) groups excluding carboxylic acids is 3. The lowest BCUT2D eigenvalue weighted by Gasteiger charge is -2.19. The Morgan fingerprint density at radius 3 is 2.05 bits per heavy atom. The molecular formula is C14H12ClF3O4. The average molecular weight is 337 g/mol. The van der Waals surface area contributed by atoms with Gasteiger partial charge in [0.15, 0.2) is 0 Å². The van der Waals surface area contributed by atoms with Gasteiger partial charge in [0.2, 0.25) is 0 Å². The van der Waals surface area contributed by atoms with E-state index in [2.05, 4.69) is 0 Å². The highest BCUT2D eigenvalue weighted by atomic mass is 35.5. The van der Waals surface area contributed by atoms with E-state index < -0.39 is 45.5 Å². The predicted molar refractivity (Wildman–Crippen MR) is 71.8 cm³/mol. The van der Waals surface area contributed by atoms with Gasteiger partial charge in [-0.25, -0.2) is 4.79 Å². The minimum absolute atomic E-state index is 0.405. The third-order valence-corrected chi connectivity index (χ3v) is 2.59. The van der Waals surface area contributed by atoms with E-state index in [-0.39, 0.29) is 0 Å². The van der Waals surface area contributed by atoms with Gasteiger partial charge in [0, 0.05) is 11.1 Å². The first-order valence-electron chi connectivity index (χ1n) is 6.01. The lowest BCUT2D eigenvalue weighted by molar-refractivity contribution is -0.148. The molecule has 0 atom stereocenters. The summed E-state index contributed by atoms with van der Waals surface area (Å²) < 4.78 is 43.5. The molecule has 1 aromatic carbocycles. The van der Waals surface area contributed by atoms with Crippen LogP contribution in [0.4, 0.5) is 13.2 Å². The van der Waals surface area contributed by atoms with Crippen molar-refractivity contribution in [3.05, 3.63) is 34.9 Å². The molecule has 0 bridgehead atoms. The van der Waals surface area contributed by atoms with Crippen molar-refractivity contribution >= 4 is 28.6 Å². The number of ether oxygens (including phenoxy) is 1. The summed E-state index contributed by atoms with van der Waals surface area (Å²) in [4.78, 5) is 34.4. The van der Waals surface area contributed by atoms with Crippen LogP contribution in [0.2, 0.25) is 0 Å². The maximum atomic E-state index is 12.9. The van der Waals surface area contributed by atoms with Gasteiger partial charge in [-0.15, -0.1) is 0 Å². The Balaban J connectivity index is 3.25. The van der Waals surface area contributed by atoms with Crippen molar-refractivity contribution in [2.75, 3.05) is 0 Å². The molecule has 0 aliphatic heterocycles. The standard InChI is InChI=1S/C14H12ClF3O4/c1-13(2,3)22-12(21)10(19)7-4-5-8(11(15)20)9(6-7)14(16,17)18/h4-6H,1-3H3. The minimum atomic E-state index is -4.90.